The number of hydrogen-bond acceptors (Lipinski definition) is 4. The first-order valence-corrected chi connectivity index (χ1v) is 12.9. The van der Waals surface area contributed by atoms with E-state index in [1.807, 2.05) is 18.2 Å². The summed E-state index contributed by atoms with van der Waals surface area (Å²) in [6.07, 6.45) is 10.5. The van der Waals surface area contributed by atoms with Crippen molar-refractivity contribution in [2.45, 2.75) is 69.6 Å². The predicted octanol–water partition coefficient (Wildman–Crippen LogP) is 3.84. The van der Waals surface area contributed by atoms with Gasteiger partial charge in [0.15, 0.2) is 5.76 Å². The molecule has 2 heterocycles. The van der Waals surface area contributed by atoms with Crippen molar-refractivity contribution in [1.29, 1.82) is 0 Å². The Hall–Kier alpha value is -2.05. The van der Waals surface area contributed by atoms with Crippen molar-refractivity contribution in [3.8, 4) is 0 Å². The maximum absolute atomic E-state index is 13.3. The second-order valence-electron chi connectivity index (χ2n) is 9.93. The topological polar surface area (TPSA) is 61.9 Å². The molecule has 2 amide bonds. The summed E-state index contributed by atoms with van der Waals surface area (Å²) in [5.41, 5.74) is 0.763. The number of rotatable bonds is 3. The van der Waals surface area contributed by atoms with Crippen LogP contribution >= 0.6 is 11.6 Å². The molecule has 3 unspecified atom stereocenters. The third-order valence-electron chi connectivity index (χ3n) is 7.86. The molecule has 6 nitrogen and oxygen atoms in total. The van der Waals surface area contributed by atoms with Gasteiger partial charge in [-0.15, -0.1) is 0 Å². The lowest BCUT2D eigenvalue weighted by Gasteiger charge is -2.43. The van der Waals surface area contributed by atoms with Gasteiger partial charge in [-0.05, 0) is 49.8 Å². The first-order chi connectivity index (χ1) is 16.1. The molecule has 1 aromatic rings. The zero-order valence-corrected chi connectivity index (χ0v) is 19.9. The number of hydrogen-bond donors (Lipinski definition) is 1. The molecule has 7 heteroatoms. The second kappa shape index (κ2) is 10.1. The van der Waals surface area contributed by atoms with Gasteiger partial charge < -0.3 is 15.0 Å². The van der Waals surface area contributed by atoms with Crippen LogP contribution in [-0.4, -0.2) is 66.0 Å². The normalized spacial score (nSPS) is 30.5. The van der Waals surface area contributed by atoms with Crippen molar-refractivity contribution < 1.29 is 14.3 Å². The molecule has 2 saturated carbocycles. The van der Waals surface area contributed by atoms with Crippen LogP contribution in [0.2, 0.25) is 5.02 Å². The molecular formula is C26H34ClN3O3. The molecule has 33 heavy (non-hydrogen) atoms. The van der Waals surface area contributed by atoms with Crippen molar-refractivity contribution >= 4 is 29.5 Å². The minimum atomic E-state index is -0.231. The Balaban J connectivity index is 1.15. The Morgan fingerprint density at radius 1 is 1.03 bits per heavy atom. The van der Waals surface area contributed by atoms with E-state index in [9.17, 15) is 9.59 Å². The summed E-state index contributed by atoms with van der Waals surface area (Å²) >= 11 is 6.23. The molecule has 2 aliphatic carbocycles. The number of nitrogens with zero attached hydrogens (tertiary/aromatic N) is 2. The fraction of sp³-hybridized carbons (Fsp3) is 0.615. The van der Waals surface area contributed by atoms with E-state index in [1.54, 1.807) is 12.1 Å². The van der Waals surface area contributed by atoms with E-state index in [2.05, 4.69) is 15.1 Å². The van der Waals surface area contributed by atoms with Crippen molar-refractivity contribution in [1.82, 2.24) is 15.1 Å². The number of carbonyl (C=O) groups excluding carboxylic acids is 2. The second-order valence-corrected chi connectivity index (χ2v) is 10.3. The van der Waals surface area contributed by atoms with Crippen molar-refractivity contribution in [2.24, 2.45) is 5.92 Å². The van der Waals surface area contributed by atoms with Crippen LogP contribution in [0.15, 0.2) is 30.0 Å². The van der Waals surface area contributed by atoms with E-state index >= 15 is 0 Å². The third kappa shape index (κ3) is 5.07. The molecule has 0 radical (unpaired) electrons. The van der Waals surface area contributed by atoms with E-state index in [0.29, 0.717) is 23.2 Å². The molecule has 0 bridgehead atoms. The minimum Gasteiger partial charge on any atom is -0.483 e. The zero-order chi connectivity index (χ0) is 22.8. The van der Waals surface area contributed by atoms with Crippen LogP contribution in [0, 0.1) is 5.92 Å². The van der Waals surface area contributed by atoms with Crippen LogP contribution in [0.1, 0.15) is 56.9 Å². The average molecular weight is 472 g/mol. The van der Waals surface area contributed by atoms with E-state index in [1.165, 1.54) is 32.1 Å². The highest BCUT2D eigenvalue weighted by Crippen LogP contribution is 2.33. The first kappa shape index (κ1) is 22.7. The van der Waals surface area contributed by atoms with Crippen LogP contribution in [-0.2, 0) is 14.3 Å². The molecule has 3 atom stereocenters. The molecule has 5 rings (SSSR count). The highest BCUT2D eigenvalue weighted by Gasteiger charge is 2.42. The lowest BCUT2D eigenvalue weighted by atomic mass is 9.82. The van der Waals surface area contributed by atoms with Crippen molar-refractivity contribution in [3.63, 3.8) is 0 Å². The molecule has 0 aromatic heterocycles. The van der Waals surface area contributed by atoms with Gasteiger partial charge >= 0.3 is 0 Å². The van der Waals surface area contributed by atoms with Crippen LogP contribution in [0.25, 0.3) is 6.08 Å². The number of morpholine rings is 1. The molecule has 178 valence electrons. The maximum Gasteiger partial charge on any atom is 0.286 e. The zero-order valence-electron chi connectivity index (χ0n) is 19.2. The van der Waals surface area contributed by atoms with Gasteiger partial charge in [-0.3, -0.25) is 14.5 Å². The van der Waals surface area contributed by atoms with Crippen molar-refractivity contribution in [2.75, 3.05) is 26.2 Å². The summed E-state index contributed by atoms with van der Waals surface area (Å²) in [6, 6.07) is 8.00. The molecule has 2 aliphatic heterocycles. The fourth-order valence-electron chi connectivity index (χ4n) is 5.96. The number of benzene rings is 1. The lowest BCUT2D eigenvalue weighted by molar-refractivity contribution is -0.143. The predicted molar refractivity (Wildman–Crippen MR) is 129 cm³/mol. The van der Waals surface area contributed by atoms with Gasteiger partial charge in [0.05, 0.1) is 6.04 Å². The van der Waals surface area contributed by atoms with Gasteiger partial charge in [0.1, 0.15) is 6.10 Å². The van der Waals surface area contributed by atoms with E-state index in [4.69, 9.17) is 16.3 Å². The Morgan fingerprint density at radius 2 is 1.79 bits per heavy atom. The van der Waals surface area contributed by atoms with E-state index < -0.39 is 0 Å². The Kier molecular flexibility index (Phi) is 6.93. The number of fused-ring (bicyclic) bond motifs is 1. The number of halogens is 1. The van der Waals surface area contributed by atoms with Gasteiger partial charge in [0, 0.05) is 43.2 Å². The first-order valence-electron chi connectivity index (χ1n) is 12.5. The van der Waals surface area contributed by atoms with E-state index in [0.717, 1.165) is 44.6 Å². The maximum atomic E-state index is 13.3. The van der Waals surface area contributed by atoms with Gasteiger partial charge in [0.25, 0.3) is 5.91 Å². The Morgan fingerprint density at radius 3 is 2.55 bits per heavy atom. The number of amides is 2. The van der Waals surface area contributed by atoms with Crippen LogP contribution in [0.4, 0.5) is 0 Å². The number of nitrogens with one attached hydrogen (secondary N) is 1. The quantitative estimate of drug-likeness (QED) is 0.680. The summed E-state index contributed by atoms with van der Waals surface area (Å²) < 4.78 is 6.08. The fourth-order valence-corrected chi connectivity index (χ4v) is 6.15. The highest BCUT2D eigenvalue weighted by atomic mass is 35.5. The van der Waals surface area contributed by atoms with Crippen molar-refractivity contribution in [3.05, 3.63) is 40.6 Å². The highest BCUT2D eigenvalue weighted by molar-refractivity contribution is 6.32. The molecular weight excluding hydrogens is 438 g/mol. The smallest absolute Gasteiger partial charge is 0.286 e. The van der Waals surface area contributed by atoms with Crippen LogP contribution in [0.3, 0.4) is 0 Å². The van der Waals surface area contributed by atoms with Gasteiger partial charge in [0.2, 0.25) is 5.91 Å². The van der Waals surface area contributed by atoms with Gasteiger partial charge in [-0.2, -0.15) is 0 Å². The number of piperazine rings is 1. The molecule has 2 saturated heterocycles. The Labute approximate surface area is 201 Å². The number of ether oxygens (including phenoxy) is 1. The average Bonchev–Trinajstić information content (AvgIpc) is 2.86. The van der Waals surface area contributed by atoms with Gasteiger partial charge in [-0.25, -0.2) is 0 Å². The summed E-state index contributed by atoms with van der Waals surface area (Å²) in [7, 11) is 0. The lowest BCUT2D eigenvalue weighted by Crippen LogP contribution is -2.57. The summed E-state index contributed by atoms with van der Waals surface area (Å²) in [5, 5.41) is 3.68. The summed E-state index contributed by atoms with van der Waals surface area (Å²) in [5.74, 6) is 0.284. The van der Waals surface area contributed by atoms with Crippen LogP contribution < -0.4 is 5.32 Å². The van der Waals surface area contributed by atoms with Crippen LogP contribution in [0.5, 0.6) is 0 Å². The number of carbonyl (C=O) groups is 2. The molecule has 4 fully saturated rings. The SMILES string of the molecule is O=C1NC2CC(C(=O)N3CCN(C4CCCCC4)CC3)CCC2O/C1=C\c1ccccc1Cl. The minimum absolute atomic E-state index is 0.0366. The molecule has 1 N–H and O–H groups in total. The molecule has 1 aromatic carbocycles. The molecule has 4 aliphatic rings. The summed E-state index contributed by atoms with van der Waals surface area (Å²) in [4.78, 5) is 30.6. The largest absolute Gasteiger partial charge is 0.483 e. The standard InChI is InChI=1S/C26H34ClN3O3/c27-21-9-5-4-6-18(21)17-24-25(31)28-22-16-19(10-11-23(22)33-24)26(32)30-14-12-29(13-15-30)20-7-2-1-3-8-20/h4-6,9,17,19-20,22-23H,1-3,7-8,10-16H2,(H,28,31)/b24-17-. The van der Waals surface area contributed by atoms with E-state index in [-0.39, 0.29) is 29.9 Å². The summed E-state index contributed by atoms with van der Waals surface area (Å²) in [6.45, 7) is 3.64. The monoisotopic (exact) mass is 471 g/mol. The molecule has 0 spiro atoms. The Bertz CT molecular complexity index is 906. The third-order valence-corrected chi connectivity index (χ3v) is 8.21. The van der Waals surface area contributed by atoms with Gasteiger partial charge in [-0.1, -0.05) is 49.1 Å².